The molecular formula is C20H22BrClN2O2S. The van der Waals surface area contributed by atoms with Crippen LogP contribution in [0, 0.1) is 0 Å². The molecule has 2 amide bonds. The predicted octanol–water partition coefficient (Wildman–Crippen LogP) is 4.50. The summed E-state index contributed by atoms with van der Waals surface area (Å²) in [4.78, 5) is 26.5. The molecule has 0 saturated heterocycles. The van der Waals surface area contributed by atoms with Crippen molar-refractivity contribution in [3.05, 3.63) is 69.2 Å². The molecular weight excluding hydrogens is 448 g/mol. The molecule has 0 saturated carbocycles. The Morgan fingerprint density at radius 1 is 1.11 bits per heavy atom. The van der Waals surface area contributed by atoms with E-state index in [1.807, 2.05) is 36.4 Å². The zero-order chi connectivity index (χ0) is 19.8. The highest BCUT2D eigenvalue weighted by Crippen LogP contribution is 2.18. The summed E-state index contributed by atoms with van der Waals surface area (Å²) in [7, 11) is 1.58. The number of thioether (sulfide) groups is 1. The van der Waals surface area contributed by atoms with E-state index in [1.54, 1.807) is 31.0 Å². The Morgan fingerprint density at radius 3 is 2.30 bits per heavy atom. The summed E-state index contributed by atoms with van der Waals surface area (Å²) >= 11 is 10.9. The van der Waals surface area contributed by atoms with Crippen LogP contribution in [-0.4, -0.2) is 35.6 Å². The first kappa shape index (κ1) is 21.8. The standard InChI is InChI=1S/C20H22BrClN2O2S/c1-14(20(26)23-2)24(11-15-5-9-18(22)10-6-15)19(25)13-27-12-16-3-7-17(21)8-4-16/h3-10,14H,11-13H2,1-2H3,(H,23,26)/t14-/m0/s1. The van der Waals surface area contributed by atoms with E-state index in [9.17, 15) is 9.59 Å². The fourth-order valence-electron chi connectivity index (χ4n) is 2.50. The molecule has 27 heavy (non-hydrogen) atoms. The molecule has 2 aromatic carbocycles. The van der Waals surface area contributed by atoms with Gasteiger partial charge in [-0.3, -0.25) is 9.59 Å². The van der Waals surface area contributed by atoms with Crippen LogP contribution >= 0.6 is 39.3 Å². The topological polar surface area (TPSA) is 49.4 Å². The van der Waals surface area contributed by atoms with E-state index in [2.05, 4.69) is 21.2 Å². The van der Waals surface area contributed by atoms with Crippen molar-refractivity contribution in [2.24, 2.45) is 0 Å². The lowest BCUT2D eigenvalue weighted by atomic mass is 10.1. The zero-order valence-corrected chi connectivity index (χ0v) is 18.4. The maximum absolute atomic E-state index is 12.8. The molecule has 0 aliphatic heterocycles. The van der Waals surface area contributed by atoms with Crippen molar-refractivity contribution < 1.29 is 9.59 Å². The second-order valence-electron chi connectivity index (χ2n) is 6.06. The fourth-order valence-corrected chi connectivity index (χ4v) is 3.76. The lowest BCUT2D eigenvalue weighted by molar-refractivity contribution is -0.138. The van der Waals surface area contributed by atoms with Gasteiger partial charge in [-0.15, -0.1) is 11.8 Å². The van der Waals surface area contributed by atoms with E-state index in [0.29, 0.717) is 17.3 Å². The van der Waals surface area contributed by atoms with E-state index in [4.69, 9.17) is 11.6 Å². The highest BCUT2D eigenvalue weighted by atomic mass is 79.9. The number of rotatable bonds is 8. The number of benzene rings is 2. The summed E-state index contributed by atoms with van der Waals surface area (Å²) in [5, 5.41) is 3.26. The molecule has 0 radical (unpaired) electrons. The number of nitrogens with one attached hydrogen (secondary N) is 1. The van der Waals surface area contributed by atoms with Gasteiger partial charge in [-0.05, 0) is 42.3 Å². The number of carbonyl (C=O) groups is 2. The van der Waals surface area contributed by atoms with Crippen LogP contribution in [0.1, 0.15) is 18.1 Å². The van der Waals surface area contributed by atoms with Gasteiger partial charge in [-0.1, -0.05) is 51.8 Å². The van der Waals surface area contributed by atoms with E-state index in [1.165, 1.54) is 11.8 Å². The van der Waals surface area contributed by atoms with Crippen LogP contribution in [0.3, 0.4) is 0 Å². The second-order valence-corrected chi connectivity index (χ2v) is 8.40. The van der Waals surface area contributed by atoms with Crippen LogP contribution in [0.25, 0.3) is 0 Å². The van der Waals surface area contributed by atoms with E-state index in [-0.39, 0.29) is 11.8 Å². The van der Waals surface area contributed by atoms with E-state index < -0.39 is 6.04 Å². The summed E-state index contributed by atoms with van der Waals surface area (Å²) < 4.78 is 1.03. The monoisotopic (exact) mass is 468 g/mol. The molecule has 2 aromatic rings. The Balaban J connectivity index is 2.02. The lowest BCUT2D eigenvalue weighted by Crippen LogP contribution is -2.47. The van der Waals surface area contributed by atoms with Crippen molar-refractivity contribution in [2.45, 2.75) is 25.3 Å². The average molecular weight is 470 g/mol. The van der Waals surface area contributed by atoms with E-state index in [0.717, 1.165) is 21.4 Å². The number of likely N-dealkylation sites (N-methyl/N-ethyl adjacent to an activating group) is 1. The number of carbonyl (C=O) groups excluding carboxylic acids is 2. The summed E-state index contributed by atoms with van der Waals surface area (Å²) in [5.41, 5.74) is 2.08. The minimum atomic E-state index is -0.550. The van der Waals surface area contributed by atoms with Crippen LogP contribution in [-0.2, 0) is 21.9 Å². The lowest BCUT2D eigenvalue weighted by Gasteiger charge is -2.28. The maximum atomic E-state index is 12.8. The normalized spacial score (nSPS) is 11.7. The van der Waals surface area contributed by atoms with Gasteiger partial charge in [-0.25, -0.2) is 0 Å². The number of nitrogens with zero attached hydrogens (tertiary/aromatic N) is 1. The smallest absolute Gasteiger partial charge is 0.242 e. The molecule has 0 aromatic heterocycles. The molecule has 0 fully saturated rings. The molecule has 1 atom stereocenters. The maximum Gasteiger partial charge on any atom is 0.242 e. The number of amides is 2. The molecule has 0 heterocycles. The van der Waals surface area contributed by atoms with Crippen LogP contribution in [0.4, 0.5) is 0 Å². The molecule has 4 nitrogen and oxygen atoms in total. The Hall–Kier alpha value is -1.50. The third kappa shape index (κ3) is 6.87. The largest absolute Gasteiger partial charge is 0.357 e. The van der Waals surface area contributed by atoms with Gasteiger partial charge in [0, 0.05) is 28.8 Å². The Kier molecular flexibility index (Phi) is 8.67. The molecule has 7 heteroatoms. The highest BCUT2D eigenvalue weighted by Gasteiger charge is 2.25. The molecule has 0 spiro atoms. The first-order valence-corrected chi connectivity index (χ1v) is 10.8. The van der Waals surface area contributed by atoms with Gasteiger partial charge in [0.05, 0.1) is 5.75 Å². The number of hydrogen-bond donors (Lipinski definition) is 1. The van der Waals surface area contributed by atoms with Crippen LogP contribution in [0.15, 0.2) is 53.0 Å². The molecule has 0 unspecified atom stereocenters. The summed E-state index contributed by atoms with van der Waals surface area (Å²) in [6.07, 6.45) is 0. The van der Waals surface area contributed by atoms with Crippen molar-refractivity contribution in [3.63, 3.8) is 0 Å². The Bertz CT molecular complexity index is 769. The summed E-state index contributed by atoms with van der Waals surface area (Å²) in [6, 6.07) is 14.8. The Labute approximate surface area is 177 Å². The van der Waals surface area contributed by atoms with Gasteiger partial charge in [0.1, 0.15) is 6.04 Å². The van der Waals surface area contributed by atoms with Gasteiger partial charge in [-0.2, -0.15) is 0 Å². The molecule has 2 rings (SSSR count). The van der Waals surface area contributed by atoms with Gasteiger partial charge >= 0.3 is 0 Å². The average Bonchev–Trinajstić information content (AvgIpc) is 2.67. The molecule has 144 valence electrons. The first-order valence-electron chi connectivity index (χ1n) is 8.48. The van der Waals surface area contributed by atoms with Crippen molar-refractivity contribution in [2.75, 3.05) is 12.8 Å². The van der Waals surface area contributed by atoms with Crippen LogP contribution in [0.5, 0.6) is 0 Å². The molecule has 1 N–H and O–H groups in total. The molecule has 0 aliphatic rings. The van der Waals surface area contributed by atoms with Crippen LogP contribution < -0.4 is 5.32 Å². The Morgan fingerprint density at radius 2 is 1.70 bits per heavy atom. The van der Waals surface area contributed by atoms with Crippen molar-refractivity contribution >= 4 is 51.1 Å². The minimum Gasteiger partial charge on any atom is -0.357 e. The number of hydrogen-bond acceptors (Lipinski definition) is 3. The van der Waals surface area contributed by atoms with Crippen molar-refractivity contribution in [3.8, 4) is 0 Å². The summed E-state index contributed by atoms with van der Waals surface area (Å²) in [6.45, 7) is 2.11. The quantitative estimate of drug-likeness (QED) is 0.619. The van der Waals surface area contributed by atoms with E-state index >= 15 is 0 Å². The molecule has 0 aliphatic carbocycles. The van der Waals surface area contributed by atoms with Crippen molar-refractivity contribution in [1.82, 2.24) is 10.2 Å². The fraction of sp³-hybridized carbons (Fsp3) is 0.300. The van der Waals surface area contributed by atoms with Gasteiger partial charge < -0.3 is 10.2 Å². The number of halogens is 2. The third-order valence-electron chi connectivity index (χ3n) is 4.09. The van der Waals surface area contributed by atoms with Gasteiger partial charge in [0.2, 0.25) is 11.8 Å². The zero-order valence-electron chi connectivity index (χ0n) is 15.2. The highest BCUT2D eigenvalue weighted by molar-refractivity contribution is 9.10. The van der Waals surface area contributed by atoms with Crippen molar-refractivity contribution in [1.29, 1.82) is 0 Å². The van der Waals surface area contributed by atoms with Crippen LogP contribution in [0.2, 0.25) is 5.02 Å². The second kappa shape index (κ2) is 10.7. The van der Waals surface area contributed by atoms with Gasteiger partial charge in [0.15, 0.2) is 0 Å². The predicted molar refractivity (Wildman–Crippen MR) is 116 cm³/mol. The third-order valence-corrected chi connectivity index (χ3v) is 5.86. The minimum absolute atomic E-state index is 0.0665. The van der Waals surface area contributed by atoms with Gasteiger partial charge in [0.25, 0.3) is 0 Å². The summed E-state index contributed by atoms with van der Waals surface area (Å²) in [5.74, 6) is 0.797. The first-order chi connectivity index (χ1) is 12.9. The SMILES string of the molecule is CNC(=O)[C@H](C)N(Cc1ccc(Cl)cc1)C(=O)CSCc1ccc(Br)cc1. The molecule has 0 bridgehead atoms.